The van der Waals surface area contributed by atoms with Gasteiger partial charge in [0.2, 0.25) is 11.9 Å². The van der Waals surface area contributed by atoms with Crippen LogP contribution in [0.15, 0.2) is 12.3 Å². The number of rotatable bonds is 7. The molecule has 0 unspecified atom stereocenters. The molecule has 23 heavy (non-hydrogen) atoms. The van der Waals surface area contributed by atoms with Crippen molar-refractivity contribution in [2.45, 2.75) is 38.0 Å². The maximum absolute atomic E-state index is 12.5. The molecule has 2 rings (SSSR count). The smallest absolute Gasteiger partial charge is 0.368 e. The van der Waals surface area contributed by atoms with Gasteiger partial charge in [-0.3, -0.25) is 4.79 Å². The first-order chi connectivity index (χ1) is 10.9. The van der Waals surface area contributed by atoms with E-state index in [2.05, 4.69) is 20.6 Å². The van der Waals surface area contributed by atoms with Crippen LogP contribution in [0.1, 0.15) is 31.4 Å². The Labute approximate surface area is 131 Å². The van der Waals surface area contributed by atoms with E-state index in [0.29, 0.717) is 0 Å². The molecule has 1 heterocycles. The first kappa shape index (κ1) is 17.5. The number of hydrogen-bond donors (Lipinski definition) is 2. The quantitative estimate of drug-likeness (QED) is 0.747. The summed E-state index contributed by atoms with van der Waals surface area (Å²) in [5, 5.41) is 5.25. The lowest BCUT2D eigenvalue weighted by atomic mass is 10.3. The number of anilines is 1. The molecule has 6 nitrogen and oxygen atoms in total. The fourth-order valence-corrected chi connectivity index (χ4v) is 2.28. The zero-order chi connectivity index (χ0) is 16.7. The molecule has 0 spiro atoms. The molecule has 0 atom stereocenters. The van der Waals surface area contributed by atoms with Gasteiger partial charge in [-0.05, 0) is 18.9 Å². The number of nitrogens with zero attached hydrogens (tertiary/aromatic N) is 2. The molecule has 9 heteroatoms. The summed E-state index contributed by atoms with van der Waals surface area (Å²) in [4.78, 5) is 18.6. The highest BCUT2D eigenvalue weighted by Gasteiger charge is 2.32. The first-order valence-electron chi connectivity index (χ1n) is 7.47. The fourth-order valence-electron chi connectivity index (χ4n) is 2.28. The summed E-state index contributed by atoms with van der Waals surface area (Å²) in [6.45, 7) is 0.466. The Bertz CT molecular complexity index is 519. The van der Waals surface area contributed by atoms with E-state index in [0.717, 1.165) is 37.9 Å². The Kier molecular flexibility index (Phi) is 6.14. The molecule has 1 aliphatic rings. The Balaban J connectivity index is 1.64. The SMILES string of the molecule is O=C(COC1CCCC1)NCCNc1nccc(C(F)(F)F)n1. The predicted octanol–water partition coefficient (Wildman–Crippen LogP) is 1.98. The number of nitrogens with one attached hydrogen (secondary N) is 2. The Morgan fingerprint density at radius 1 is 1.30 bits per heavy atom. The molecule has 1 amide bonds. The van der Waals surface area contributed by atoms with Gasteiger partial charge in [0.25, 0.3) is 0 Å². The monoisotopic (exact) mass is 332 g/mol. The molecule has 1 aliphatic carbocycles. The second-order valence-electron chi connectivity index (χ2n) is 5.26. The van der Waals surface area contributed by atoms with Crippen molar-refractivity contribution >= 4 is 11.9 Å². The van der Waals surface area contributed by atoms with Crippen molar-refractivity contribution in [3.8, 4) is 0 Å². The van der Waals surface area contributed by atoms with Crippen LogP contribution >= 0.6 is 0 Å². The average molecular weight is 332 g/mol. The molecule has 1 saturated carbocycles. The number of halogens is 3. The summed E-state index contributed by atoms with van der Waals surface area (Å²) >= 11 is 0. The zero-order valence-corrected chi connectivity index (χ0v) is 12.5. The van der Waals surface area contributed by atoms with E-state index in [1.165, 1.54) is 0 Å². The normalized spacial score (nSPS) is 15.6. The predicted molar refractivity (Wildman–Crippen MR) is 76.7 cm³/mol. The van der Waals surface area contributed by atoms with Crippen LogP contribution in [-0.4, -0.2) is 41.7 Å². The number of ether oxygens (including phenoxy) is 1. The van der Waals surface area contributed by atoms with Crippen LogP contribution in [-0.2, 0) is 15.7 Å². The van der Waals surface area contributed by atoms with Gasteiger partial charge in [-0.25, -0.2) is 9.97 Å². The van der Waals surface area contributed by atoms with Gasteiger partial charge in [0, 0.05) is 19.3 Å². The number of amides is 1. The second kappa shape index (κ2) is 8.09. The molecule has 0 radical (unpaired) electrons. The van der Waals surface area contributed by atoms with E-state index in [1.807, 2.05) is 0 Å². The lowest BCUT2D eigenvalue weighted by Gasteiger charge is -2.11. The van der Waals surface area contributed by atoms with E-state index in [-0.39, 0.29) is 37.7 Å². The van der Waals surface area contributed by atoms with Crippen LogP contribution < -0.4 is 10.6 Å². The van der Waals surface area contributed by atoms with E-state index >= 15 is 0 Å². The van der Waals surface area contributed by atoms with Gasteiger partial charge >= 0.3 is 6.18 Å². The van der Waals surface area contributed by atoms with Crippen molar-refractivity contribution in [2.75, 3.05) is 25.0 Å². The summed E-state index contributed by atoms with van der Waals surface area (Å²) in [5.74, 6) is -0.375. The molecule has 128 valence electrons. The van der Waals surface area contributed by atoms with E-state index in [4.69, 9.17) is 4.74 Å². The lowest BCUT2D eigenvalue weighted by molar-refractivity contribution is -0.141. The van der Waals surface area contributed by atoms with Crippen LogP contribution in [0.25, 0.3) is 0 Å². The third kappa shape index (κ3) is 6.01. The minimum absolute atomic E-state index is 0.00469. The summed E-state index contributed by atoms with van der Waals surface area (Å²) in [6.07, 6.45) is 0.929. The molecule has 1 aromatic heterocycles. The third-order valence-electron chi connectivity index (χ3n) is 3.43. The van der Waals surface area contributed by atoms with Crippen molar-refractivity contribution in [1.82, 2.24) is 15.3 Å². The molecule has 0 bridgehead atoms. The van der Waals surface area contributed by atoms with Crippen molar-refractivity contribution in [1.29, 1.82) is 0 Å². The minimum Gasteiger partial charge on any atom is -0.368 e. The number of carbonyl (C=O) groups is 1. The molecular weight excluding hydrogens is 313 g/mol. The minimum atomic E-state index is -4.51. The maximum Gasteiger partial charge on any atom is 0.433 e. The maximum atomic E-state index is 12.5. The van der Waals surface area contributed by atoms with E-state index < -0.39 is 11.9 Å². The average Bonchev–Trinajstić information content (AvgIpc) is 3.02. The lowest BCUT2D eigenvalue weighted by Crippen LogP contribution is -2.33. The summed E-state index contributed by atoms with van der Waals surface area (Å²) in [7, 11) is 0. The number of hydrogen-bond acceptors (Lipinski definition) is 5. The van der Waals surface area contributed by atoms with Gasteiger partial charge in [0.15, 0.2) is 0 Å². The first-order valence-corrected chi connectivity index (χ1v) is 7.47. The van der Waals surface area contributed by atoms with Gasteiger partial charge in [-0.1, -0.05) is 12.8 Å². The molecule has 0 saturated heterocycles. The van der Waals surface area contributed by atoms with Gasteiger partial charge in [-0.2, -0.15) is 13.2 Å². The summed E-state index contributed by atoms with van der Waals surface area (Å²) < 4.78 is 42.9. The highest BCUT2D eigenvalue weighted by molar-refractivity contribution is 5.77. The second-order valence-corrected chi connectivity index (χ2v) is 5.26. The highest BCUT2D eigenvalue weighted by atomic mass is 19.4. The van der Waals surface area contributed by atoms with Crippen molar-refractivity contribution in [2.24, 2.45) is 0 Å². The van der Waals surface area contributed by atoms with E-state index in [9.17, 15) is 18.0 Å². The van der Waals surface area contributed by atoms with E-state index in [1.54, 1.807) is 0 Å². The van der Waals surface area contributed by atoms with Crippen LogP contribution in [0.5, 0.6) is 0 Å². The summed E-state index contributed by atoms with van der Waals surface area (Å²) in [5.41, 5.74) is -1.01. The zero-order valence-electron chi connectivity index (χ0n) is 12.5. The molecular formula is C14H19F3N4O2. The van der Waals surface area contributed by atoms with Crippen LogP contribution in [0, 0.1) is 0 Å². The van der Waals surface area contributed by atoms with Gasteiger partial charge in [0.05, 0.1) is 6.10 Å². The molecule has 1 fully saturated rings. The Morgan fingerprint density at radius 3 is 2.74 bits per heavy atom. The van der Waals surface area contributed by atoms with Crippen LogP contribution in [0.3, 0.4) is 0 Å². The number of carbonyl (C=O) groups excluding carboxylic acids is 1. The van der Waals surface area contributed by atoms with Crippen molar-refractivity contribution < 1.29 is 22.7 Å². The standard InChI is InChI=1S/C14H19F3N4O2/c15-14(16,17)11-5-6-19-13(21-11)20-8-7-18-12(22)9-23-10-3-1-2-4-10/h5-6,10H,1-4,7-9H2,(H,18,22)(H,19,20,21). The van der Waals surface area contributed by atoms with Crippen LogP contribution in [0.4, 0.5) is 19.1 Å². The molecule has 2 N–H and O–H groups in total. The molecule has 0 aliphatic heterocycles. The van der Waals surface area contributed by atoms with Crippen LogP contribution in [0.2, 0.25) is 0 Å². The van der Waals surface area contributed by atoms with Gasteiger partial charge < -0.3 is 15.4 Å². The third-order valence-corrected chi connectivity index (χ3v) is 3.43. The van der Waals surface area contributed by atoms with Crippen molar-refractivity contribution in [3.63, 3.8) is 0 Å². The van der Waals surface area contributed by atoms with Gasteiger partial charge in [0.1, 0.15) is 12.3 Å². The Hall–Kier alpha value is -1.90. The number of aromatic nitrogens is 2. The molecule has 1 aromatic rings. The fraction of sp³-hybridized carbons (Fsp3) is 0.643. The topological polar surface area (TPSA) is 76.1 Å². The highest BCUT2D eigenvalue weighted by Crippen LogP contribution is 2.27. The van der Waals surface area contributed by atoms with Crippen molar-refractivity contribution in [3.05, 3.63) is 18.0 Å². The Morgan fingerprint density at radius 2 is 2.04 bits per heavy atom. The number of alkyl halides is 3. The summed E-state index contributed by atoms with van der Waals surface area (Å²) in [6, 6.07) is 0.799. The molecule has 0 aromatic carbocycles. The largest absolute Gasteiger partial charge is 0.433 e. The van der Waals surface area contributed by atoms with Gasteiger partial charge in [-0.15, -0.1) is 0 Å².